The third-order valence-corrected chi connectivity index (χ3v) is 6.52. The van der Waals surface area contributed by atoms with Gasteiger partial charge in [-0.25, -0.2) is 4.79 Å². The van der Waals surface area contributed by atoms with Crippen LogP contribution in [0.25, 0.3) is 0 Å². The number of methoxy groups -OCH3 is 2. The molecule has 3 amide bonds. The van der Waals surface area contributed by atoms with E-state index >= 15 is 0 Å². The Morgan fingerprint density at radius 1 is 1.03 bits per heavy atom. The molecule has 6 nitrogen and oxygen atoms in total. The van der Waals surface area contributed by atoms with E-state index in [1.807, 2.05) is 49.4 Å². The summed E-state index contributed by atoms with van der Waals surface area (Å²) >= 11 is 2.23. The molecule has 0 bridgehead atoms. The summed E-state index contributed by atoms with van der Waals surface area (Å²) in [7, 11) is 4.88. The van der Waals surface area contributed by atoms with Crippen molar-refractivity contribution in [1.29, 1.82) is 0 Å². The largest absolute Gasteiger partial charge is 0.493 e. The van der Waals surface area contributed by atoms with Gasteiger partial charge in [0.1, 0.15) is 5.54 Å². The highest BCUT2D eigenvalue weighted by Crippen LogP contribution is 2.33. The Morgan fingerprint density at radius 3 is 2.28 bits per heavy atom. The second-order valence-corrected chi connectivity index (χ2v) is 8.45. The first kappa shape index (κ1) is 21.4. The predicted octanol–water partition coefficient (Wildman–Crippen LogP) is 3.75. The monoisotopic (exact) mass is 508 g/mol. The highest BCUT2D eigenvalue weighted by Gasteiger charge is 2.52. The molecule has 1 saturated heterocycles. The zero-order chi connectivity index (χ0) is 21.2. The molecule has 2 aromatic rings. The van der Waals surface area contributed by atoms with Crippen LogP contribution in [0, 0.1) is 3.57 Å². The Labute approximate surface area is 184 Å². The van der Waals surface area contributed by atoms with Crippen LogP contribution in [0.1, 0.15) is 18.1 Å². The summed E-state index contributed by atoms with van der Waals surface area (Å²) < 4.78 is 11.7. The van der Waals surface area contributed by atoms with Crippen molar-refractivity contribution >= 4 is 34.5 Å². The van der Waals surface area contributed by atoms with Crippen molar-refractivity contribution in [3.05, 3.63) is 57.2 Å². The van der Waals surface area contributed by atoms with Crippen molar-refractivity contribution in [3.63, 3.8) is 0 Å². The Kier molecular flexibility index (Phi) is 6.36. The smallest absolute Gasteiger partial charge is 0.327 e. The molecule has 1 aliphatic heterocycles. The molecule has 0 aromatic heterocycles. The van der Waals surface area contributed by atoms with Crippen molar-refractivity contribution in [3.8, 4) is 11.5 Å². The fourth-order valence-corrected chi connectivity index (χ4v) is 4.33. The van der Waals surface area contributed by atoms with E-state index in [1.165, 1.54) is 4.90 Å². The second-order valence-electron chi connectivity index (χ2n) is 7.28. The summed E-state index contributed by atoms with van der Waals surface area (Å²) in [6.45, 7) is 2.15. The molecule has 3 rings (SSSR count). The average Bonchev–Trinajstić information content (AvgIpc) is 2.88. The van der Waals surface area contributed by atoms with Crippen molar-refractivity contribution in [2.75, 3.05) is 27.8 Å². The molecule has 1 atom stereocenters. The van der Waals surface area contributed by atoms with E-state index < -0.39 is 5.54 Å². The van der Waals surface area contributed by atoms with Gasteiger partial charge < -0.3 is 14.4 Å². The minimum absolute atomic E-state index is 0.163. The minimum atomic E-state index is -0.886. The van der Waals surface area contributed by atoms with E-state index in [0.717, 1.165) is 14.7 Å². The highest BCUT2D eigenvalue weighted by molar-refractivity contribution is 14.1. The number of carbonyl (C=O) groups excluding carboxylic acids is 2. The molecule has 0 aliphatic carbocycles. The number of hydrogen-bond acceptors (Lipinski definition) is 4. The molecule has 1 aliphatic rings. The van der Waals surface area contributed by atoms with Crippen LogP contribution in [0.4, 0.5) is 4.79 Å². The summed E-state index contributed by atoms with van der Waals surface area (Å²) in [6.07, 6.45) is 1.03. The number of amides is 3. The Bertz CT molecular complexity index is 919. The number of hydrogen-bond donors (Lipinski definition) is 0. The lowest BCUT2D eigenvalue weighted by Crippen LogP contribution is -2.47. The number of rotatable bonds is 7. The standard InChI is InChI=1S/C22H25IN2O4/c1-22(14-15-8-6-5-7-9-15)20(26)25(21(27)24(22)2)11-10-16-12-18(28-3)19(29-4)13-17(16)23/h5-9,12-13H,10-11,14H2,1-4H3. The third kappa shape index (κ3) is 4.05. The van der Waals surface area contributed by atoms with Crippen LogP contribution in [0.5, 0.6) is 11.5 Å². The van der Waals surface area contributed by atoms with Gasteiger partial charge in [0.15, 0.2) is 11.5 Å². The third-order valence-electron chi connectivity index (χ3n) is 5.51. The van der Waals surface area contributed by atoms with Gasteiger partial charge in [-0.3, -0.25) is 9.69 Å². The van der Waals surface area contributed by atoms with Crippen LogP contribution in [0.3, 0.4) is 0 Å². The van der Waals surface area contributed by atoms with Gasteiger partial charge in [0.25, 0.3) is 5.91 Å². The lowest BCUT2D eigenvalue weighted by Gasteiger charge is -2.28. The van der Waals surface area contributed by atoms with Gasteiger partial charge in [0.2, 0.25) is 0 Å². The molecule has 7 heteroatoms. The molecule has 0 spiro atoms. The first-order chi connectivity index (χ1) is 13.8. The van der Waals surface area contributed by atoms with Gasteiger partial charge in [-0.05, 0) is 59.2 Å². The van der Waals surface area contributed by atoms with Gasteiger partial charge in [-0.1, -0.05) is 30.3 Å². The zero-order valence-corrected chi connectivity index (χ0v) is 19.2. The number of ether oxygens (including phenoxy) is 2. The molecule has 0 radical (unpaired) electrons. The molecule has 0 saturated carbocycles. The Balaban J connectivity index is 1.78. The van der Waals surface area contributed by atoms with E-state index in [2.05, 4.69) is 22.6 Å². The van der Waals surface area contributed by atoms with E-state index in [-0.39, 0.29) is 11.9 Å². The lowest BCUT2D eigenvalue weighted by atomic mass is 9.91. The molecular formula is C22H25IN2O4. The van der Waals surface area contributed by atoms with E-state index in [4.69, 9.17) is 9.47 Å². The topological polar surface area (TPSA) is 59.1 Å². The first-order valence-corrected chi connectivity index (χ1v) is 10.4. The average molecular weight is 508 g/mol. The molecule has 154 valence electrons. The molecule has 2 aromatic carbocycles. The van der Waals surface area contributed by atoms with Crippen LogP contribution < -0.4 is 9.47 Å². The second kappa shape index (κ2) is 8.61. The van der Waals surface area contributed by atoms with Gasteiger partial charge in [-0.15, -0.1) is 0 Å². The highest BCUT2D eigenvalue weighted by atomic mass is 127. The SMILES string of the molecule is COc1cc(I)c(CCN2C(=O)N(C)C(C)(Cc3ccccc3)C2=O)cc1OC. The maximum atomic E-state index is 13.2. The number of imide groups is 1. The number of benzene rings is 2. The van der Waals surface area contributed by atoms with Crippen molar-refractivity contribution in [1.82, 2.24) is 9.80 Å². The normalized spacial score (nSPS) is 19.1. The van der Waals surface area contributed by atoms with Crippen LogP contribution in [-0.2, 0) is 17.6 Å². The summed E-state index contributed by atoms with van der Waals surface area (Å²) in [5, 5.41) is 0. The Morgan fingerprint density at radius 2 is 1.66 bits per heavy atom. The van der Waals surface area contributed by atoms with Crippen LogP contribution in [-0.4, -0.2) is 55.1 Å². The molecule has 0 N–H and O–H groups in total. The maximum absolute atomic E-state index is 13.2. The van der Waals surface area contributed by atoms with Gasteiger partial charge in [-0.2, -0.15) is 0 Å². The molecular weight excluding hydrogens is 483 g/mol. The molecule has 29 heavy (non-hydrogen) atoms. The van der Waals surface area contributed by atoms with Crippen LogP contribution in [0.15, 0.2) is 42.5 Å². The lowest BCUT2D eigenvalue weighted by molar-refractivity contribution is -0.132. The van der Waals surface area contributed by atoms with Crippen LogP contribution >= 0.6 is 22.6 Å². The fraction of sp³-hybridized carbons (Fsp3) is 0.364. The first-order valence-electron chi connectivity index (χ1n) is 9.36. The van der Waals surface area contributed by atoms with E-state index in [0.29, 0.717) is 30.9 Å². The number of likely N-dealkylation sites (N-methyl/N-ethyl adjacent to an activating group) is 1. The van der Waals surface area contributed by atoms with Crippen molar-refractivity contribution in [2.24, 2.45) is 0 Å². The van der Waals surface area contributed by atoms with Crippen molar-refractivity contribution in [2.45, 2.75) is 25.3 Å². The summed E-state index contributed by atoms with van der Waals surface area (Å²) in [6, 6.07) is 13.3. The van der Waals surface area contributed by atoms with Gasteiger partial charge >= 0.3 is 6.03 Å². The molecule has 1 heterocycles. The summed E-state index contributed by atoms with van der Waals surface area (Å²) in [5.41, 5.74) is 1.14. The summed E-state index contributed by atoms with van der Waals surface area (Å²) in [4.78, 5) is 28.9. The van der Waals surface area contributed by atoms with Crippen molar-refractivity contribution < 1.29 is 19.1 Å². The van der Waals surface area contributed by atoms with Crippen LogP contribution in [0.2, 0.25) is 0 Å². The minimum Gasteiger partial charge on any atom is -0.493 e. The van der Waals surface area contributed by atoms with E-state index in [1.54, 1.807) is 26.2 Å². The molecule has 1 unspecified atom stereocenters. The van der Waals surface area contributed by atoms with E-state index in [9.17, 15) is 9.59 Å². The quantitative estimate of drug-likeness (QED) is 0.423. The Hall–Kier alpha value is -2.29. The zero-order valence-electron chi connectivity index (χ0n) is 17.1. The number of carbonyl (C=O) groups is 2. The number of nitrogens with zero attached hydrogens (tertiary/aromatic N) is 2. The predicted molar refractivity (Wildman–Crippen MR) is 119 cm³/mol. The maximum Gasteiger partial charge on any atom is 0.327 e. The van der Waals surface area contributed by atoms with Gasteiger partial charge in [0.05, 0.1) is 14.2 Å². The number of halogens is 1. The number of urea groups is 1. The summed E-state index contributed by atoms with van der Waals surface area (Å²) in [5.74, 6) is 1.13. The van der Waals surface area contributed by atoms with Gasteiger partial charge in [0, 0.05) is 23.6 Å². The molecule has 1 fully saturated rings. The fourth-order valence-electron chi connectivity index (χ4n) is 3.62.